The van der Waals surface area contributed by atoms with Crippen molar-refractivity contribution in [2.24, 2.45) is 5.41 Å². The summed E-state index contributed by atoms with van der Waals surface area (Å²) >= 11 is 0. The Kier molecular flexibility index (Phi) is 13.6. The molecule has 9 aromatic rings. The summed E-state index contributed by atoms with van der Waals surface area (Å²) in [6.45, 7) is 8.70. The van der Waals surface area contributed by atoms with Crippen molar-refractivity contribution >= 4 is 22.1 Å². The molecule has 0 bridgehead atoms. The van der Waals surface area contributed by atoms with Crippen molar-refractivity contribution in [1.82, 2.24) is 19.9 Å². The largest absolute Gasteiger partial charge is 3.00 e. The number of pyridine rings is 4. The molecule has 298 valence electrons. The fourth-order valence-corrected chi connectivity index (χ4v) is 7.33. The van der Waals surface area contributed by atoms with Gasteiger partial charge in [-0.05, 0) is 96.1 Å². The van der Waals surface area contributed by atoms with E-state index in [9.17, 15) is 0 Å². The number of nitrogens with zero attached hydrogens (tertiary/aromatic N) is 4. The second kappa shape index (κ2) is 19.3. The van der Waals surface area contributed by atoms with Gasteiger partial charge >= 0.3 is 20.1 Å². The first-order chi connectivity index (χ1) is 28.7. The van der Waals surface area contributed by atoms with Gasteiger partial charge in [0.05, 0.1) is 5.58 Å². The van der Waals surface area contributed by atoms with Gasteiger partial charge in [-0.1, -0.05) is 98.3 Å². The number of aryl methyl sites for hydroxylation is 5. The Morgan fingerprint density at radius 1 is 0.550 bits per heavy atom. The van der Waals surface area contributed by atoms with Crippen molar-refractivity contribution in [3.63, 3.8) is 0 Å². The Hall–Kier alpha value is -6.07. The quantitative estimate of drug-likeness (QED) is 0.128. The van der Waals surface area contributed by atoms with Crippen LogP contribution >= 0.6 is 0 Å². The van der Waals surface area contributed by atoms with Crippen molar-refractivity contribution in [3.05, 3.63) is 204 Å². The van der Waals surface area contributed by atoms with E-state index in [-0.39, 0.29) is 25.5 Å². The van der Waals surface area contributed by atoms with Crippen LogP contribution in [0, 0.1) is 30.5 Å². The molecule has 0 radical (unpaired) electrons. The molecule has 6 heteroatoms. The molecule has 0 atom stereocenters. The first-order valence-corrected chi connectivity index (χ1v) is 20.3. The second-order valence-corrected chi connectivity index (χ2v) is 16.3. The van der Waals surface area contributed by atoms with E-state index in [2.05, 4.69) is 132 Å². The van der Waals surface area contributed by atoms with Crippen LogP contribution in [0.1, 0.15) is 54.3 Å². The Bertz CT molecular complexity index is 2670. The third-order valence-corrected chi connectivity index (χ3v) is 10.3. The predicted octanol–water partition coefficient (Wildman–Crippen LogP) is 12.7. The Morgan fingerprint density at radius 2 is 1.30 bits per heavy atom. The van der Waals surface area contributed by atoms with Gasteiger partial charge in [-0.2, -0.15) is 0 Å². The molecular formula is C54H47IrN4O. The molecule has 0 spiro atoms. The molecule has 5 heterocycles. The summed E-state index contributed by atoms with van der Waals surface area (Å²) in [5.41, 5.74) is 15.0. The van der Waals surface area contributed by atoms with Gasteiger partial charge in [0, 0.05) is 29.7 Å². The topological polar surface area (TPSA) is 64.7 Å². The minimum Gasteiger partial charge on any atom is -0.486 e. The first kappa shape index (κ1) is 42.1. The maximum Gasteiger partial charge on any atom is 3.00 e. The van der Waals surface area contributed by atoms with E-state index in [0.29, 0.717) is 5.71 Å². The van der Waals surface area contributed by atoms with Crippen molar-refractivity contribution in [2.75, 3.05) is 0 Å². The molecule has 0 N–H and O–H groups in total. The average molecular weight is 960 g/mol. The third kappa shape index (κ3) is 10.8. The molecule has 0 amide bonds. The fraction of sp³-hybridized carbons (Fsp3) is 0.185. The molecule has 0 fully saturated rings. The summed E-state index contributed by atoms with van der Waals surface area (Å²) in [4.78, 5) is 18.1. The molecule has 0 saturated heterocycles. The molecule has 0 aliphatic carbocycles. The van der Waals surface area contributed by atoms with E-state index >= 15 is 0 Å². The van der Waals surface area contributed by atoms with Gasteiger partial charge in [0.2, 0.25) is 5.71 Å². The minimum absolute atomic E-state index is 0. The van der Waals surface area contributed by atoms with Crippen LogP contribution in [-0.2, 0) is 52.2 Å². The molecular weight excluding hydrogens is 913 g/mol. The maximum atomic E-state index is 6.08. The van der Waals surface area contributed by atoms with E-state index in [1.807, 2.05) is 86.2 Å². The summed E-state index contributed by atoms with van der Waals surface area (Å²) < 4.78 is 6.08. The molecule has 0 aliphatic heterocycles. The fourth-order valence-electron chi connectivity index (χ4n) is 7.33. The molecule has 0 aliphatic rings. The average Bonchev–Trinajstić information content (AvgIpc) is 3.64. The molecule has 0 unspecified atom stereocenters. The Balaban J connectivity index is 0.000000187. The van der Waals surface area contributed by atoms with Crippen LogP contribution < -0.4 is 0 Å². The number of fused-ring (bicyclic) bond motifs is 3. The van der Waals surface area contributed by atoms with E-state index in [1.54, 1.807) is 0 Å². The molecule has 9 rings (SSSR count). The van der Waals surface area contributed by atoms with Crippen LogP contribution in [0.4, 0.5) is 0 Å². The molecule has 5 aromatic heterocycles. The summed E-state index contributed by atoms with van der Waals surface area (Å²) in [6, 6.07) is 55.7. The zero-order chi connectivity index (χ0) is 40.6. The maximum absolute atomic E-state index is 6.08. The SMILES string of the molecule is Cc1ccc2c(n1)oc1c(-c3cc(CC(C)(C)C)ccn3)[c-]ccc12.[Ir+3].[c-]1cc(CCc2cccc(CCc3ccc(-c4[c-]cccc4)nc3)c2)ccc1-c1ccccn1. The smallest absolute Gasteiger partial charge is 0.486 e. The van der Waals surface area contributed by atoms with Crippen LogP contribution in [0.2, 0.25) is 0 Å². The zero-order valence-corrected chi connectivity index (χ0v) is 36.9. The van der Waals surface area contributed by atoms with E-state index in [4.69, 9.17) is 4.42 Å². The molecule has 0 saturated carbocycles. The number of furan rings is 1. The number of aromatic nitrogens is 4. The van der Waals surface area contributed by atoms with Gasteiger partial charge in [0.25, 0.3) is 0 Å². The Morgan fingerprint density at radius 3 is 2.02 bits per heavy atom. The van der Waals surface area contributed by atoms with Crippen LogP contribution in [0.5, 0.6) is 0 Å². The van der Waals surface area contributed by atoms with Crippen molar-refractivity contribution in [1.29, 1.82) is 0 Å². The van der Waals surface area contributed by atoms with Gasteiger partial charge in [-0.3, -0.25) is 0 Å². The van der Waals surface area contributed by atoms with Gasteiger partial charge in [0.1, 0.15) is 0 Å². The van der Waals surface area contributed by atoms with E-state index in [0.717, 1.165) is 87.9 Å². The van der Waals surface area contributed by atoms with Crippen molar-refractivity contribution in [2.45, 2.75) is 59.8 Å². The summed E-state index contributed by atoms with van der Waals surface area (Å²) in [5, 5.41) is 2.08. The van der Waals surface area contributed by atoms with Crippen molar-refractivity contribution < 1.29 is 24.5 Å². The van der Waals surface area contributed by atoms with Gasteiger partial charge in [-0.15, -0.1) is 89.5 Å². The van der Waals surface area contributed by atoms with Gasteiger partial charge in [-0.25, -0.2) is 4.98 Å². The Labute approximate surface area is 367 Å². The predicted molar refractivity (Wildman–Crippen MR) is 240 cm³/mol. The van der Waals surface area contributed by atoms with E-state index in [1.165, 1.54) is 27.8 Å². The molecule has 60 heavy (non-hydrogen) atoms. The van der Waals surface area contributed by atoms with Gasteiger partial charge in [0.15, 0.2) is 0 Å². The van der Waals surface area contributed by atoms with E-state index < -0.39 is 0 Å². The van der Waals surface area contributed by atoms with Crippen molar-refractivity contribution in [3.8, 4) is 33.8 Å². The van der Waals surface area contributed by atoms with Gasteiger partial charge < -0.3 is 19.4 Å². The monoisotopic (exact) mass is 960 g/mol. The second-order valence-electron chi connectivity index (χ2n) is 16.3. The third-order valence-electron chi connectivity index (χ3n) is 10.3. The number of hydrogen-bond donors (Lipinski definition) is 0. The van der Waals surface area contributed by atoms with Crippen LogP contribution in [0.15, 0.2) is 156 Å². The van der Waals surface area contributed by atoms with Crippen LogP contribution in [0.25, 0.3) is 55.8 Å². The number of hydrogen-bond acceptors (Lipinski definition) is 5. The van der Waals surface area contributed by atoms with Crippen LogP contribution in [0.3, 0.4) is 0 Å². The first-order valence-electron chi connectivity index (χ1n) is 20.3. The molecule has 5 nitrogen and oxygen atoms in total. The molecule has 4 aromatic carbocycles. The number of rotatable bonds is 10. The number of benzene rings is 4. The normalized spacial score (nSPS) is 11.2. The standard InChI is InChI=1S/C32H26N2.C22H21N2O.Ir/c1-2-9-29(10-3-1)32-21-18-28(24-34-32)15-14-27-8-6-7-26(23-27)13-12-25-16-19-30(20-17-25)31-11-4-5-22-33-31;1-14-8-9-17-16-6-5-7-18(20(16)25-21(17)24-14)19-12-15(10-11-23-19)13-22(2,3)4;/h1-9,11,16-19,21-24H,12-15H2;5-6,8-12H,13H2,1-4H3;/q-2;-1;+3. The minimum atomic E-state index is 0. The summed E-state index contributed by atoms with van der Waals surface area (Å²) in [5.74, 6) is 0. The summed E-state index contributed by atoms with van der Waals surface area (Å²) in [6.07, 6.45) is 10.7. The summed E-state index contributed by atoms with van der Waals surface area (Å²) in [7, 11) is 0. The van der Waals surface area contributed by atoms with Crippen LogP contribution in [-0.4, -0.2) is 19.9 Å². The zero-order valence-electron chi connectivity index (χ0n) is 34.5.